The summed E-state index contributed by atoms with van der Waals surface area (Å²) in [5, 5.41) is 3.39. The van der Waals surface area contributed by atoms with Gasteiger partial charge in [-0.2, -0.15) is 11.8 Å². The number of hydrogen-bond donors (Lipinski definition) is 1. The number of hydrogen-bond acceptors (Lipinski definition) is 3. The van der Waals surface area contributed by atoms with E-state index in [0.29, 0.717) is 12.1 Å². The quantitative estimate of drug-likeness (QED) is 0.662. The lowest BCUT2D eigenvalue weighted by molar-refractivity contribution is 0.0658. The second-order valence-corrected chi connectivity index (χ2v) is 4.00. The molecule has 0 rings (SSSR count). The minimum absolute atomic E-state index is 0.341. The molecule has 0 aliphatic rings. The second-order valence-electron chi connectivity index (χ2n) is 3.09. The maximum atomic E-state index is 5.53. The highest BCUT2D eigenvalue weighted by Crippen LogP contribution is 1.99. The molecule has 1 atom stereocenters. The van der Waals surface area contributed by atoms with Gasteiger partial charge in [-0.3, -0.25) is 0 Å². The van der Waals surface area contributed by atoms with Crippen LogP contribution in [0.2, 0.25) is 0 Å². The molecule has 0 radical (unpaired) electrons. The topological polar surface area (TPSA) is 21.3 Å². The summed E-state index contributed by atoms with van der Waals surface area (Å²) in [5.74, 6) is 1.13. The lowest BCUT2D eigenvalue weighted by atomic mass is 10.3. The summed E-state index contributed by atoms with van der Waals surface area (Å²) >= 11 is 1.86. The zero-order chi connectivity index (χ0) is 9.40. The van der Waals surface area contributed by atoms with Crippen LogP contribution in [-0.2, 0) is 4.74 Å². The zero-order valence-electron chi connectivity index (χ0n) is 8.59. The molecule has 0 aliphatic carbocycles. The molecule has 0 saturated heterocycles. The Morgan fingerprint density at radius 3 is 2.50 bits per heavy atom. The van der Waals surface area contributed by atoms with E-state index < -0.39 is 0 Å². The molecule has 0 fully saturated rings. The first-order valence-corrected chi connectivity index (χ1v) is 5.94. The Morgan fingerprint density at radius 1 is 1.42 bits per heavy atom. The normalized spacial score (nSPS) is 13.8. The molecule has 2 nitrogen and oxygen atoms in total. The van der Waals surface area contributed by atoms with Crippen LogP contribution in [0.4, 0.5) is 0 Å². The smallest absolute Gasteiger partial charge is 0.0631 e. The highest BCUT2D eigenvalue weighted by Gasteiger charge is 2.06. The van der Waals surface area contributed by atoms with E-state index in [4.69, 9.17) is 4.74 Å². The summed E-state index contributed by atoms with van der Waals surface area (Å²) in [5.41, 5.74) is 0. The van der Waals surface area contributed by atoms with Gasteiger partial charge in [0, 0.05) is 11.8 Å². The van der Waals surface area contributed by atoms with Crippen LogP contribution in [0.25, 0.3) is 0 Å². The lowest BCUT2D eigenvalue weighted by Crippen LogP contribution is -2.36. The van der Waals surface area contributed by atoms with Gasteiger partial charge in [-0.25, -0.2) is 0 Å². The van der Waals surface area contributed by atoms with E-state index in [1.807, 2.05) is 11.8 Å². The molecule has 1 N–H and O–H groups in total. The van der Waals surface area contributed by atoms with E-state index >= 15 is 0 Å². The minimum Gasteiger partial charge on any atom is -0.377 e. The first-order chi connectivity index (χ1) is 5.70. The fourth-order valence-corrected chi connectivity index (χ4v) is 1.58. The van der Waals surface area contributed by atoms with E-state index in [2.05, 4.69) is 32.3 Å². The SMILES string of the molecule is CCNC(COC(C)C)CSC. The molecule has 12 heavy (non-hydrogen) atoms. The second kappa shape index (κ2) is 7.90. The highest BCUT2D eigenvalue weighted by atomic mass is 32.2. The molecular weight excluding hydrogens is 170 g/mol. The Morgan fingerprint density at radius 2 is 2.08 bits per heavy atom. The van der Waals surface area contributed by atoms with E-state index in [1.165, 1.54) is 0 Å². The van der Waals surface area contributed by atoms with Crippen LogP contribution < -0.4 is 5.32 Å². The Labute approximate surface area is 80.4 Å². The van der Waals surface area contributed by atoms with Gasteiger partial charge in [0.15, 0.2) is 0 Å². The Kier molecular flexibility index (Phi) is 8.07. The third-order valence-corrected chi connectivity index (χ3v) is 2.23. The van der Waals surface area contributed by atoms with Crippen LogP contribution in [0.5, 0.6) is 0 Å². The predicted octanol–water partition coefficient (Wildman–Crippen LogP) is 1.75. The van der Waals surface area contributed by atoms with Crippen molar-refractivity contribution in [2.75, 3.05) is 25.2 Å². The van der Waals surface area contributed by atoms with Crippen molar-refractivity contribution >= 4 is 11.8 Å². The van der Waals surface area contributed by atoms with Crippen LogP contribution in [0, 0.1) is 0 Å². The van der Waals surface area contributed by atoms with Crippen molar-refractivity contribution in [2.45, 2.75) is 32.9 Å². The van der Waals surface area contributed by atoms with Crippen LogP contribution in [0.1, 0.15) is 20.8 Å². The zero-order valence-corrected chi connectivity index (χ0v) is 9.41. The van der Waals surface area contributed by atoms with Gasteiger partial charge >= 0.3 is 0 Å². The van der Waals surface area contributed by atoms with Gasteiger partial charge in [0.05, 0.1) is 12.7 Å². The van der Waals surface area contributed by atoms with Crippen molar-refractivity contribution in [3.05, 3.63) is 0 Å². The van der Waals surface area contributed by atoms with Crippen LogP contribution in [0.3, 0.4) is 0 Å². The molecule has 0 aromatic rings. The molecule has 0 heterocycles. The van der Waals surface area contributed by atoms with Gasteiger partial charge in [-0.05, 0) is 26.6 Å². The van der Waals surface area contributed by atoms with Gasteiger partial charge in [-0.15, -0.1) is 0 Å². The van der Waals surface area contributed by atoms with Crippen molar-refractivity contribution in [1.29, 1.82) is 0 Å². The van der Waals surface area contributed by atoms with Gasteiger partial charge in [0.25, 0.3) is 0 Å². The number of ether oxygens (including phenoxy) is 1. The summed E-state index contributed by atoms with van der Waals surface area (Å²) in [6, 6.07) is 0.507. The van der Waals surface area contributed by atoms with Crippen LogP contribution in [0.15, 0.2) is 0 Å². The van der Waals surface area contributed by atoms with Gasteiger partial charge in [-0.1, -0.05) is 6.92 Å². The Balaban J connectivity index is 3.48. The van der Waals surface area contributed by atoms with Crippen molar-refractivity contribution in [2.24, 2.45) is 0 Å². The molecule has 1 unspecified atom stereocenters. The molecule has 74 valence electrons. The molecule has 0 aromatic heterocycles. The van der Waals surface area contributed by atoms with E-state index in [9.17, 15) is 0 Å². The minimum atomic E-state index is 0.341. The summed E-state index contributed by atoms with van der Waals surface area (Å²) < 4.78 is 5.53. The van der Waals surface area contributed by atoms with E-state index in [0.717, 1.165) is 18.9 Å². The standard InChI is InChI=1S/C9H21NOS/c1-5-10-9(7-12-4)6-11-8(2)3/h8-10H,5-7H2,1-4H3. The molecule has 3 heteroatoms. The van der Waals surface area contributed by atoms with Gasteiger partial charge in [0.1, 0.15) is 0 Å². The first-order valence-electron chi connectivity index (χ1n) is 4.54. The monoisotopic (exact) mass is 191 g/mol. The van der Waals surface area contributed by atoms with Gasteiger partial charge < -0.3 is 10.1 Å². The summed E-state index contributed by atoms with van der Waals surface area (Å²) in [6.45, 7) is 8.12. The largest absolute Gasteiger partial charge is 0.377 e. The molecule has 0 saturated carbocycles. The van der Waals surface area contributed by atoms with Gasteiger partial charge in [0.2, 0.25) is 0 Å². The average molecular weight is 191 g/mol. The molecule has 0 bridgehead atoms. The highest BCUT2D eigenvalue weighted by molar-refractivity contribution is 7.98. The number of thioether (sulfide) groups is 1. The first kappa shape index (κ1) is 12.3. The average Bonchev–Trinajstić information content (AvgIpc) is 2.01. The third kappa shape index (κ3) is 6.95. The number of nitrogens with one attached hydrogen (secondary N) is 1. The molecule has 0 spiro atoms. The maximum Gasteiger partial charge on any atom is 0.0631 e. The summed E-state index contributed by atoms with van der Waals surface area (Å²) in [4.78, 5) is 0. The number of likely N-dealkylation sites (N-methyl/N-ethyl adjacent to an activating group) is 1. The molecule has 0 aliphatic heterocycles. The Bertz CT molecular complexity index is 92.5. The van der Waals surface area contributed by atoms with Crippen molar-refractivity contribution in [3.8, 4) is 0 Å². The van der Waals surface area contributed by atoms with Crippen LogP contribution in [-0.4, -0.2) is 37.3 Å². The van der Waals surface area contributed by atoms with E-state index in [1.54, 1.807) is 0 Å². The fourth-order valence-electron chi connectivity index (χ4n) is 0.964. The van der Waals surface area contributed by atoms with Crippen molar-refractivity contribution in [3.63, 3.8) is 0 Å². The van der Waals surface area contributed by atoms with Crippen LogP contribution >= 0.6 is 11.8 Å². The van der Waals surface area contributed by atoms with Crippen molar-refractivity contribution in [1.82, 2.24) is 5.32 Å². The summed E-state index contributed by atoms with van der Waals surface area (Å²) in [6.07, 6.45) is 2.47. The number of rotatable bonds is 7. The molecule has 0 amide bonds. The third-order valence-electron chi connectivity index (χ3n) is 1.49. The maximum absolute atomic E-state index is 5.53. The fraction of sp³-hybridized carbons (Fsp3) is 1.00. The van der Waals surface area contributed by atoms with Crippen molar-refractivity contribution < 1.29 is 4.74 Å². The predicted molar refractivity (Wildman–Crippen MR) is 56.9 cm³/mol. The molecular formula is C9H21NOS. The van der Waals surface area contributed by atoms with E-state index in [-0.39, 0.29) is 0 Å². The summed E-state index contributed by atoms with van der Waals surface area (Å²) in [7, 11) is 0. The Hall–Kier alpha value is 0.270. The lowest BCUT2D eigenvalue weighted by Gasteiger charge is -2.18. The molecule has 0 aromatic carbocycles.